The Bertz CT molecular complexity index is 856. The molecule has 0 atom stereocenters. The number of carbonyl (C=O) groups excluding carboxylic acids is 2. The third-order valence-corrected chi connectivity index (χ3v) is 10.2. The largest absolute Gasteiger partial charge is 0.466 e. The van der Waals surface area contributed by atoms with Crippen molar-refractivity contribution in [3.8, 4) is 0 Å². The molecule has 0 unspecified atom stereocenters. The number of aliphatic hydroxyl groups is 1. The van der Waals surface area contributed by atoms with Crippen molar-refractivity contribution in [3.63, 3.8) is 0 Å². The maximum atomic E-state index is 12.5. The van der Waals surface area contributed by atoms with Crippen LogP contribution >= 0.6 is 0 Å². The van der Waals surface area contributed by atoms with Crippen LogP contribution in [0.4, 0.5) is 0 Å². The molecule has 0 radical (unpaired) electrons. The number of hydrogen-bond acceptors (Lipinski definition) is 8. The number of nitrogens with zero attached hydrogens (tertiary/aromatic N) is 1. The normalized spacial score (nSPS) is 11.9. The molecule has 0 aliphatic carbocycles. The molecule has 0 spiro atoms. The van der Waals surface area contributed by atoms with Crippen LogP contribution in [0, 0.1) is 0 Å². The Balaban J connectivity index is 4.02. The Kier molecular flexibility index (Phi) is 44.5. The van der Waals surface area contributed by atoms with E-state index in [1.165, 1.54) is 70.6 Å². The number of esters is 2. The summed E-state index contributed by atoms with van der Waals surface area (Å²) in [5.74, 6) is -0.190. The Morgan fingerprint density at radius 1 is 0.482 bits per heavy atom. The number of unbranched alkanes of at least 4 members (excludes halogenated alkanes) is 19. The monoisotopic (exact) mass is 794 g/mol. The lowest BCUT2D eigenvalue weighted by Crippen LogP contribution is -2.28. The van der Waals surface area contributed by atoms with Gasteiger partial charge < -0.3 is 29.0 Å². The highest BCUT2D eigenvalue weighted by molar-refractivity contribution is 5.69. The highest BCUT2D eigenvalue weighted by Crippen LogP contribution is 2.13. The van der Waals surface area contributed by atoms with Crippen LogP contribution in [0.2, 0.25) is 0 Å². The zero-order valence-corrected chi connectivity index (χ0v) is 37.1. The lowest BCUT2D eigenvalue weighted by Gasteiger charge is -2.22. The fourth-order valence-corrected chi connectivity index (χ4v) is 6.66. The summed E-state index contributed by atoms with van der Waals surface area (Å²) < 4.78 is 23.1. The number of hydrogen-bond donors (Lipinski definition) is 1. The minimum atomic E-state index is -0.355. The molecule has 0 aliphatic rings. The van der Waals surface area contributed by atoms with Gasteiger partial charge in [-0.3, -0.25) is 9.59 Å². The summed E-state index contributed by atoms with van der Waals surface area (Å²) in [5, 5.41) is 9.39. The Labute approximate surface area is 346 Å². The molecule has 0 aromatic rings. The van der Waals surface area contributed by atoms with Gasteiger partial charge in [0, 0.05) is 39.2 Å². The molecule has 56 heavy (non-hydrogen) atoms. The lowest BCUT2D eigenvalue weighted by molar-refractivity contribution is -0.159. The van der Waals surface area contributed by atoms with E-state index >= 15 is 0 Å². The van der Waals surface area contributed by atoms with Crippen molar-refractivity contribution < 1.29 is 33.6 Å². The molecular weight excluding hydrogens is 703 g/mol. The van der Waals surface area contributed by atoms with Crippen LogP contribution in [0.3, 0.4) is 0 Å². The molecule has 0 aliphatic heterocycles. The molecule has 0 aromatic carbocycles. The Morgan fingerprint density at radius 2 is 0.911 bits per heavy atom. The first kappa shape index (κ1) is 54.3. The molecule has 8 nitrogen and oxygen atoms in total. The van der Waals surface area contributed by atoms with Gasteiger partial charge in [0.2, 0.25) is 0 Å². The number of rotatable bonds is 45. The zero-order valence-electron chi connectivity index (χ0n) is 37.1. The van der Waals surface area contributed by atoms with Gasteiger partial charge in [0.25, 0.3) is 0 Å². The van der Waals surface area contributed by atoms with Crippen molar-refractivity contribution in [1.82, 2.24) is 4.90 Å². The molecule has 1 N–H and O–H groups in total. The summed E-state index contributed by atoms with van der Waals surface area (Å²) in [5.41, 5.74) is 0. The first-order valence-electron chi connectivity index (χ1n) is 23.7. The summed E-state index contributed by atoms with van der Waals surface area (Å²) in [6.07, 6.45) is 40.2. The molecule has 0 fully saturated rings. The minimum Gasteiger partial charge on any atom is -0.466 e. The number of carbonyl (C=O) groups is 2. The molecule has 0 saturated carbocycles. The Hall–Kier alpha value is -1.74. The molecule has 0 bridgehead atoms. The van der Waals surface area contributed by atoms with Crippen molar-refractivity contribution in [3.05, 3.63) is 24.3 Å². The van der Waals surface area contributed by atoms with E-state index in [4.69, 9.17) is 18.9 Å². The molecule has 8 heteroatoms. The average molecular weight is 794 g/mol. The number of allylic oxidation sites excluding steroid dienone is 4. The minimum absolute atomic E-state index is 0.0246. The van der Waals surface area contributed by atoms with Gasteiger partial charge in [0.05, 0.1) is 19.6 Å². The molecule has 0 amide bonds. The van der Waals surface area contributed by atoms with Crippen LogP contribution in [0.1, 0.15) is 213 Å². The second kappa shape index (κ2) is 46.0. The van der Waals surface area contributed by atoms with E-state index in [0.717, 1.165) is 122 Å². The molecule has 330 valence electrons. The standard InChI is InChI=1S/C48H91NO7/c1-4-7-10-13-19-25-30-42-53-46(51)35-27-20-17-16-18-21-28-38-49(40-34-41-50)39-29-22-26-31-43-54-47(52)36-37-48(55-44-32-23-14-11-8-5-2)56-45-33-24-15-12-9-6-3/h8-9,11-12,48,50H,4-7,10,13-45H2,1-3H3/b11-8-,12-9-. The summed E-state index contributed by atoms with van der Waals surface area (Å²) in [7, 11) is 0. The van der Waals surface area contributed by atoms with Gasteiger partial charge >= 0.3 is 11.9 Å². The van der Waals surface area contributed by atoms with E-state index in [1.807, 2.05) is 0 Å². The van der Waals surface area contributed by atoms with Crippen molar-refractivity contribution in [1.29, 1.82) is 0 Å². The molecule has 0 aromatic heterocycles. The van der Waals surface area contributed by atoms with E-state index in [1.54, 1.807) is 0 Å². The third kappa shape index (κ3) is 41.9. The lowest BCUT2D eigenvalue weighted by atomic mass is 10.1. The topological polar surface area (TPSA) is 94.5 Å². The second-order valence-electron chi connectivity index (χ2n) is 15.6. The molecular formula is C48H91NO7. The van der Waals surface area contributed by atoms with Crippen LogP contribution in [0.15, 0.2) is 24.3 Å². The van der Waals surface area contributed by atoms with Gasteiger partial charge in [0.1, 0.15) is 0 Å². The quantitative estimate of drug-likeness (QED) is 0.0282. The Morgan fingerprint density at radius 3 is 1.41 bits per heavy atom. The van der Waals surface area contributed by atoms with Crippen LogP contribution in [-0.4, -0.2) is 80.9 Å². The summed E-state index contributed by atoms with van der Waals surface area (Å²) in [6, 6.07) is 0. The zero-order chi connectivity index (χ0) is 40.8. The van der Waals surface area contributed by atoms with Crippen molar-refractivity contribution in [2.24, 2.45) is 0 Å². The first-order valence-corrected chi connectivity index (χ1v) is 23.7. The van der Waals surface area contributed by atoms with E-state index in [0.29, 0.717) is 45.7 Å². The number of ether oxygens (including phenoxy) is 4. The predicted octanol–water partition coefficient (Wildman–Crippen LogP) is 12.6. The van der Waals surface area contributed by atoms with Gasteiger partial charge in [-0.15, -0.1) is 0 Å². The molecule has 0 rings (SSSR count). The predicted molar refractivity (Wildman–Crippen MR) is 235 cm³/mol. The highest BCUT2D eigenvalue weighted by atomic mass is 16.7. The van der Waals surface area contributed by atoms with Gasteiger partial charge in [0.15, 0.2) is 6.29 Å². The van der Waals surface area contributed by atoms with Crippen LogP contribution in [-0.2, 0) is 28.5 Å². The summed E-state index contributed by atoms with van der Waals surface area (Å²) in [4.78, 5) is 27.0. The van der Waals surface area contributed by atoms with Crippen molar-refractivity contribution >= 4 is 11.9 Å². The third-order valence-electron chi connectivity index (χ3n) is 10.2. The van der Waals surface area contributed by atoms with E-state index in [-0.39, 0.29) is 24.8 Å². The summed E-state index contributed by atoms with van der Waals surface area (Å²) in [6.45, 7) is 12.2. The van der Waals surface area contributed by atoms with Gasteiger partial charge in [-0.1, -0.05) is 129 Å². The maximum Gasteiger partial charge on any atom is 0.305 e. The second-order valence-corrected chi connectivity index (χ2v) is 15.6. The number of aliphatic hydroxyl groups excluding tert-OH is 1. The maximum absolute atomic E-state index is 12.5. The fourth-order valence-electron chi connectivity index (χ4n) is 6.66. The van der Waals surface area contributed by atoms with Gasteiger partial charge in [-0.25, -0.2) is 0 Å². The van der Waals surface area contributed by atoms with Crippen LogP contribution in [0.5, 0.6) is 0 Å². The average Bonchev–Trinajstić information content (AvgIpc) is 3.20. The van der Waals surface area contributed by atoms with E-state index in [2.05, 4.69) is 50.0 Å². The summed E-state index contributed by atoms with van der Waals surface area (Å²) >= 11 is 0. The highest BCUT2D eigenvalue weighted by Gasteiger charge is 2.14. The van der Waals surface area contributed by atoms with Crippen LogP contribution < -0.4 is 0 Å². The van der Waals surface area contributed by atoms with E-state index < -0.39 is 0 Å². The van der Waals surface area contributed by atoms with E-state index in [9.17, 15) is 14.7 Å². The molecule has 0 saturated heterocycles. The first-order chi connectivity index (χ1) is 27.6. The SMILES string of the molecule is CC/C=C\CCCCOC(CCC(=O)OCCCCCCN(CCCO)CCCCCCCCCC(=O)OCCCCCCCCC)OCCCC/C=C\CC. The van der Waals surface area contributed by atoms with Gasteiger partial charge in [-0.05, 0) is 103 Å². The van der Waals surface area contributed by atoms with Crippen molar-refractivity contribution in [2.45, 2.75) is 220 Å². The van der Waals surface area contributed by atoms with Crippen LogP contribution in [0.25, 0.3) is 0 Å². The fraction of sp³-hybridized carbons (Fsp3) is 0.875. The smallest absolute Gasteiger partial charge is 0.305 e. The van der Waals surface area contributed by atoms with Gasteiger partial charge in [-0.2, -0.15) is 0 Å². The van der Waals surface area contributed by atoms with Crippen molar-refractivity contribution in [2.75, 3.05) is 52.7 Å². The molecule has 0 heterocycles.